The van der Waals surface area contributed by atoms with Crippen molar-refractivity contribution in [2.45, 2.75) is 18.0 Å². The molecule has 1 aliphatic rings. The Bertz CT molecular complexity index is 609. The fourth-order valence-corrected chi connectivity index (χ4v) is 3.74. The summed E-state index contributed by atoms with van der Waals surface area (Å²) < 4.78 is 0. The average molecular weight is 290 g/mol. The normalized spacial score (nSPS) is 14.3. The second-order valence-corrected chi connectivity index (χ2v) is 6.20. The van der Waals surface area contributed by atoms with E-state index in [9.17, 15) is 4.79 Å². The molecule has 2 aromatic rings. The topological polar surface area (TPSA) is 33.2 Å². The number of fused-ring (bicyclic) bond motifs is 1. The summed E-state index contributed by atoms with van der Waals surface area (Å²) in [6, 6.07) is 5.81. The van der Waals surface area contributed by atoms with Crippen molar-refractivity contribution in [3.63, 3.8) is 0 Å². The maximum Gasteiger partial charge on any atom is 0.256 e. The van der Waals surface area contributed by atoms with Crippen molar-refractivity contribution in [2.75, 3.05) is 12.8 Å². The molecule has 1 aliphatic heterocycles. The molecule has 3 nitrogen and oxygen atoms in total. The molecule has 0 fully saturated rings. The van der Waals surface area contributed by atoms with E-state index in [1.165, 1.54) is 22.2 Å². The minimum Gasteiger partial charge on any atom is -0.334 e. The maximum absolute atomic E-state index is 12.6. The highest BCUT2D eigenvalue weighted by molar-refractivity contribution is 7.98. The number of hydrogen-bond acceptors (Lipinski definition) is 4. The van der Waals surface area contributed by atoms with Gasteiger partial charge in [-0.3, -0.25) is 4.79 Å². The summed E-state index contributed by atoms with van der Waals surface area (Å²) in [4.78, 5) is 20.2. The van der Waals surface area contributed by atoms with Crippen LogP contribution in [0.3, 0.4) is 0 Å². The average Bonchev–Trinajstić information content (AvgIpc) is 2.93. The molecule has 0 spiro atoms. The SMILES string of the molecule is CSc1ncccc1C(=O)N1CCc2sccc2C1. The minimum absolute atomic E-state index is 0.0919. The van der Waals surface area contributed by atoms with E-state index in [0.717, 1.165) is 24.5 Å². The number of thiophene rings is 1. The van der Waals surface area contributed by atoms with Gasteiger partial charge in [0.25, 0.3) is 5.91 Å². The summed E-state index contributed by atoms with van der Waals surface area (Å²) in [6.07, 6.45) is 4.65. The van der Waals surface area contributed by atoms with Gasteiger partial charge in [0.05, 0.1) is 5.56 Å². The van der Waals surface area contributed by atoms with Crippen molar-refractivity contribution in [3.8, 4) is 0 Å². The molecule has 0 aliphatic carbocycles. The Morgan fingerprint density at radius 3 is 3.21 bits per heavy atom. The highest BCUT2D eigenvalue weighted by Gasteiger charge is 2.24. The monoisotopic (exact) mass is 290 g/mol. The largest absolute Gasteiger partial charge is 0.334 e. The smallest absolute Gasteiger partial charge is 0.256 e. The predicted molar refractivity (Wildman–Crippen MR) is 78.8 cm³/mol. The van der Waals surface area contributed by atoms with Crippen LogP contribution in [0.15, 0.2) is 34.8 Å². The number of hydrogen-bond donors (Lipinski definition) is 0. The molecule has 19 heavy (non-hydrogen) atoms. The lowest BCUT2D eigenvalue weighted by molar-refractivity contribution is 0.0731. The third kappa shape index (κ3) is 2.40. The second-order valence-electron chi connectivity index (χ2n) is 4.41. The predicted octanol–water partition coefficient (Wildman–Crippen LogP) is 3.06. The van der Waals surface area contributed by atoms with Gasteiger partial charge in [0.1, 0.15) is 5.03 Å². The zero-order valence-electron chi connectivity index (χ0n) is 10.6. The van der Waals surface area contributed by atoms with Gasteiger partial charge in [-0.25, -0.2) is 4.98 Å². The Kier molecular flexibility index (Phi) is 3.57. The fraction of sp³-hybridized carbons (Fsp3) is 0.286. The Labute approximate surface area is 120 Å². The van der Waals surface area contributed by atoms with Crippen molar-refractivity contribution in [1.29, 1.82) is 0 Å². The summed E-state index contributed by atoms with van der Waals surface area (Å²) >= 11 is 3.31. The molecular formula is C14H14N2OS2. The lowest BCUT2D eigenvalue weighted by Gasteiger charge is -2.27. The van der Waals surface area contributed by atoms with Gasteiger partial charge in [-0.05, 0) is 41.8 Å². The lowest BCUT2D eigenvalue weighted by Crippen LogP contribution is -2.35. The van der Waals surface area contributed by atoms with Gasteiger partial charge >= 0.3 is 0 Å². The van der Waals surface area contributed by atoms with Gasteiger partial charge < -0.3 is 4.90 Å². The van der Waals surface area contributed by atoms with Gasteiger partial charge in [0, 0.05) is 24.2 Å². The molecule has 1 amide bonds. The summed E-state index contributed by atoms with van der Waals surface area (Å²) in [6.45, 7) is 1.52. The van der Waals surface area contributed by atoms with Crippen LogP contribution in [0.25, 0.3) is 0 Å². The molecule has 5 heteroatoms. The van der Waals surface area contributed by atoms with E-state index in [1.54, 1.807) is 17.5 Å². The highest BCUT2D eigenvalue weighted by Crippen LogP contribution is 2.26. The van der Waals surface area contributed by atoms with Gasteiger partial charge in [-0.15, -0.1) is 23.1 Å². The van der Waals surface area contributed by atoms with Crippen molar-refractivity contribution in [1.82, 2.24) is 9.88 Å². The Morgan fingerprint density at radius 1 is 1.47 bits per heavy atom. The molecule has 0 N–H and O–H groups in total. The van der Waals surface area contributed by atoms with Crippen molar-refractivity contribution in [3.05, 3.63) is 45.8 Å². The number of thioether (sulfide) groups is 1. The van der Waals surface area contributed by atoms with E-state index >= 15 is 0 Å². The number of nitrogens with zero attached hydrogens (tertiary/aromatic N) is 2. The zero-order valence-corrected chi connectivity index (χ0v) is 12.3. The number of rotatable bonds is 2. The molecular weight excluding hydrogens is 276 g/mol. The molecule has 0 radical (unpaired) electrons. The van der Waals surface area contributed by atoms with E-state index in [-0.39, 0.29) is 5.91 Å². The second kappa shape index (κ2) is 5.35. The summed E-state index contributed by atoms with van der Waals surface area (Å²) in [5.41, 5.74) is 2.01. The first-order chi connectivity index (χ1) is 9.29. The van der Waals surface area contributed by atoms with Crippen molar-refractivity contribution < 1.29 is 4.79 Å². The quantitative estimate of drug-likeness (QED) is 0.797. The zero-order chi connectivity index (χ0) is 13.2. The molecule has 0 unspecified atom stereocenters. The molecule has 2 aromatic heterocycles. The molecule has 0 saturated heterocycles. The summed E-state index contributed by atoms with van der Waals surface area (Å²) in [5.74, 6) is 0.0919. The standard InChI is InChI=1S/C14H14N2OS2/c1-18-13-11(3-2-6-15-13)14(17)16-7-4-12-10(9-16)5-8-19-12/h2-3,5-6,8H,4,7,9H2,1H3. The Balaban J connectivity index is 1.85. The van der Waals surface area contributed by atoms with Crippen LogP contribution in [0.2, 0.25) is 0 Å². The lowest BCUT2D eigenvalue weighted by atomic mass is 10.1. The number of amides is 1. The van der Waals surface area contributed by atoms with Crippen LogP contribution in [0, 0.1) is 0 Å². The van der Waals surface area contributed by atoms with Gasteiger partial charge in [0.15, 0.2) is 0 Å². The van der Waals surface area contributed by atoms with Crippen LogP contribution in [0.4, 0.5) is 0 Å². The van der Waals surface area contributed by atoms with E-state index in [4.69, 9.17) is 0 Å². The van der Waals surface area contributed by atoms with Gasteiger partial charge in [0.2, 0.25) is 0 Å². The fourth-order valence-electron chi connectivity index (χ4n) is 2.31. The number of aromatic nitrogens is 1. The molecule has 3 rings (SSSR count). The van der Waals surface area contributed by atoms with Gasteiger partial charge in [-0.2, -0.15) is 0 Å². The third-order valence-electron chi connectivity index (χ3n) is 3.29. The van der Waals surface area contributed by atoms with E-state index < -0.39 is 0 Å². The van der Waals surface area contributed by atoms with E-state index in [1.807, 2.05) is 23.3 Å². The van der Waals surface area contributed by atoms with Crippen molar-refractivity contribution >= 4 is 29.0 Å². The first-order valence-electron chi connectivity index (χ1n) is 6.13. The van der Waals surface area contributed by atoms with E-state index in [0.29, 0.717) is 5.56 Å². The maximum atomic E-state index is 12.6. The first kappa shape index (κ1) is 12.7. The van der Waals surface area contributed by atoms with Crippen LogP contribution >= 0.6 is 23.1 Å². The third-order valence-corrected chi connectivity index (χ3v) is 5.02. The summed E-state index contributed by atoms with van der Waals surface area (Å²) in [7, 11) is 0. The highest BCUT2D eigenvalue weighted by atomic mass is 32.2. The summed E-state index contributed by atoms with van der Waals surface area (Å²) in [5, 5.41) is 2.92. The Hall–Kier alpha value is -1.33. The van der Waals surface area contributed by atoms with Crippen LogP contribution < -0.4 is 0 Å². The van der Waals surface area contributed by atoms with Crippen LogP contribution in [-0.2, 0) is 13.0 Å². The molecule has 0 bridgehead atoms. The molecule has 0 saturated carbocycles. The number of pyridine rings is 1. The molecule has 0 aromatic carbocycles. The minimum atomic E-state index is 0.0919. The van der Waals surface area contributed by atoms with Gasteiger partial charge in [-0.1, -0.05) is 0 Å². The van der Waals surface area contributed by atoms with Crippen LogP contribution in [0.5, 0.6) is 0 Å². The molecule has 3 heterocycles. The molecule has 98 valence electrons. The van der Waals surface area contributed by atoms with Crippen molar-refractivity contribution in [2.24, 2.45) is 0 Å². The first-order valence-corrected chi connectivity index (χ1v) is 8.23. The molecule has 0 atom stereocenters. The Morgan fingerprint density at radius 2 is 2.37 bits per heavy atom. The number of carbonyl (C=O) groups excluding carboxylic acids is 1. The van der Waals surface area contributed by atoms with E-state index in [2.05, 4.69) is 16.4 Å². The van der Waals surface area contributed by atoms with Crippen LogP contribution in [-0.4, -0.2) is 28.6 Å². The van der Waals surface area contributed by atoms with Crippen LogP contribution in [0.1, 0.15) is 20.8 Å². The number of carbonyl (C=O) groups is 1.